The van der Waals surface area contributed by atoms with E-state index in [1.807, 2.05) is 60.7 Å². The highest BCUT2D eigenvalue weighted by molar-refractivity contribution is 6.10. The summed E-state index contributed by atoms with van der Waals surface area (Å²) in [4.78, 5) is 44.5. The number of amidine groups is 1. The lowest BCUT2D eigenvalue weighted by Gasteiger charge is -2.52. The molecule has 1 amide bonds. The normalized spacial score (nSPS) is 19.3. The van der Waals surface area contributed by atoms with Crippen molar-refractivity contribution in [1.29, 1.82) is 0 Å². The Bertz CT molecular complexity index is 1720. The van der Waals surface area contributed by atoms with Gasteiger partial charge in [-0.3, -0.25) is 19.3 Å². The molecule has 11 nitrogen and oxygen atoms in total. The van der Waals surface area contributed by atoms with E-state index in [-0.39, 0.29) is 37.7 Å². The van der Waals surface area contributed by atoms with Crippen LogP contribution >= 0.6 is 0 Å². The summed E-state index contributed by atoms with van der Waals surface area (Å²) in [7, 11) is 0. The van der Waals surface area contributed by atoms with E-state index in [1.165, 1.54) is 0 Å². The van der Waals surface area contributed by atoms with Crippen molar-refractivity contribution in [1.82, 2.24) is 15.1 Å². The number of nitrogens with one attached hydrogen (secondary N) is 1. The van der Waals surface area contributed by atoms with Gasteiger partial charge in [-0.25, -0.2) is 4.99 Å². The Balaban J connectivity index is 1.36. The number of aliphatic imine (C=N–C) groups is 1. The highest BCUT2D eigenvalue weighted by Gasteiger charge is 2.47. The van der Waals surface area contributed by atoms with Crippen LogP contribution in [0.1, 0.15) is 39.9 Å². The Morgan fingerprint density at radius 3 is 1.86 bits per heavy atom. The molecule has 256 valence electrons. The minimum atomic E-state index is -1.41. The Labute approximate surface area is 290 Å². The van der Waals surface area contributed by atoms with Crippen molar-refractivity contribution in [2.45, 2.75) is 37.1 Å². The third-order valence-corrected chi connectivity index (χ3v) is 8.71. The summed E-state index contributed by atoms with van der Waals surface area (Å²) < 4.78 is 12.1. The van der Waals surface area contributed by atoms with Crippen LogP contribution in [0.15, 0.2) is 139 Å². The number of benzene rings is 4. The number of carbonyl (C=O) groups excluding carboxylic acids is 2. The maximum atomic E-state index is 12.8. The number of morpholine rings is 1. The maximum absolute atomic E-state index is 12.8. The molecule has 0 bridgehead atoms. The predicted molar refractivity (Wildman–Crippen MR) is 186 cm³/mol. The molecule has 0 aromatic heterocycles. The molecular weight excluding hydrogens is 636 g/mol. The van der Waals surface area contributed by atoms with Gasteiger partial charge < -0.3 is 29.9 Å². The summed E-state index contributed by atoms with van der Waals surface area (Å²) in [5.74, 6) is -1.91. The average Bonchev–Trinajstić information content (AvgIpc) is 3.15. The molecule has 1 fully saturated rings. The van der Waals surface area contributed by atoms with Crippen molar-refractivity contribution in [3.05, 3.63) is 156 Å². The zero-order valence-corrected chi connectivity index (χ0v) is 27.2. The number of amides is 1. The van der Waals surface area contributed by atoms with Crippen LogP contribution in [0.4, 0.5) is 0 Å². The quantitative estimate of drug-likeness (QED) is 0.157. The van der Waals surface area contributed by atoms with Gasteiger partial charge in [-0.1, -0.05) is 109 Å². The third-order valence-electron chi connectivity index (χ3n) is 8.71. The fourth-order valence-electron chi connectivity index (χ4n) is 6.46. The number of ether oxygens (including phenoxy) is 2. The average molecular weight is 675 g/mol. The van der Waals surface area contributed by atoms with E-state index in [0.717, 1.165) is 16.7 Å². The van der Waals surface area contributed by atoms with E-state index in [1.54, 1.807) is 41.4 Å². The molecule has 0 radical (unpaired) electrons. The Morgan fingerprint density at radius 1 is 0.800 bits per heavy atom. The maximum Gasteiger partial charge on any atom is 0.306 e. The van der Waals surface area contributed by atoms with Gasteiger partial charge in [0, 0.05) is 24.9 Å². The first-order chi connectivity index (χ1) is 24.3. The molecule has 11 heteroatoms. The highest BCUT2D eigenvalue weighted by atomic mass is 16.6. The minimum Gasteiger partial charge on any atom is -0.481 e. The van der Waals surface area contributed by atoms with Crippen molar-refractivity contribution < 1.29 is 34.1 Å². The molecule has 1 unspecified atom stereocenters. The topological polar surface area (TPSA) is 141 Å². The summed E-state index contributed by atoms with van der Waals surface area (Å²) in [5, 5.41) is 23.1. The monoisotopic (exact) mass is 674 g/mol. The molecule has 0 aliphatic carbocycles. The molecule has 4 aromatic rings. The lowest BCUT2D eigenvalue weighted by atomic mass is 9.75. The molecule has 2 aliphatic heterocycles. The predicted octanol–water partition coefficient (Wildman–Crippen LogP) is 4.35. The molecule has 1 saturated heterocycles. The minimum absolute atomic E-state index is 0.144. The van der Waals surface area contributed by atoms with E-state index < -0.39 is 36.2 Å². The second-order valence-corrected chi connectivity index (χ2v) is 11.9. The van der Waals surface area contributed by atoms with Crippen molar-refractivity contribution >= 4 is 23.7 Å². The fraction of sp³-hybridized carbons (Fsp3) is 0.231. The summed E-state index contributed by atoms with van der Waals surface area (Å²) in [5.41, 5.74) is 2.59. The van der Waals surface area contributed by atoms with Gasteiger partial charge in [0.2, 0.25) is 6.35 Å². The zero-order valence-electron chi connectivity index (χ0n) is 27.2. The number of hydrogen-bond acceptors (Lipinski definition) is 9. The van der Waals surface area contributed by atoms with Gasteiger partial charge in [0.25, 0.3) is 5.91 Å². The second kappa shape index (κ2) is 15.7. The lowest BCUT2D eigenvalue weighted by molar-refractivity contribution is -0.197. The van der Waals surface area contributed by atoms with Crippen molar-refractivity contribution in [3.8, 4) is 0 Å². The van der Waals surface area contributed by atoms with Gasteiger partial charge in [-0.05, 0) is 34.9 Å². The number of aliphatic hydroxyl groups is 1. The van der Waals surface area contributed by atoms with E-state index in [2.05, 4.69) is 51.6 Å². The van der Waals surface area contributed by atoms with Gasteiger partial charge in [0.05, 0.1) is 18.4 Å². The second-order valence-electron chi connectivity index (χ2n) is 11.9. The van der Waals surface area contributed by atoms with E-state index in [4.69, 9.17) is 14.6 Å². The van der Waals surface area contributed by atoms with Crippen LogP contribution in [-0.4, -0.2) is 82.1 Å². The van der Waals surface area contributed by atoms with E-state index in [0.29, 0.717) is 12.1 Å². The number of carboxylic acid groups (broad SMARTS) is 1. The van der Waals surface area contributed by atoms with Gasteiger partial charge >= 0.3 is 11.9 Å². The Hall–Kier alpha value is -5.62. The van der Waals surface area contributed by atoms with Gasteiger partial charge in [0.15, 0.2) is 0 Å². The summed E-state index contributed by atoms with van der Waals surface area (Å²) >= 11 is 0. The summed E-state index contributed by atoms with van der Waals surface area (Å²) in [6.07, 6.45) is -0.270. The van der Waals surface area contributed by atoms with Crippen LogP contribution in [0, 0.1) is 0 Å². The Kier molecular flexibility index (Phi) is 10.8. The molecule has 4 aromatic carbocycles. The number of aliphatic hydroxyl groups excluding tert-OH is 1. The van der Waals surface area contributed by atoms with Crippen LogP contribution in [0.3, 0.4) is 0 Å². The summed E-state index contributed by atoms with van der Waals surface area (Å²) in [6.45, 7) is 0.455. The molecule has 3 atom stereocenters. The lowest BCUT2D eigenvalue weighted by Crippen LogP contribution is -2.62. The van der Waals surface area contributed by atoms with Gasteiger partial charge in [-0.15, -0.1) is 0 Å². The number of aliphatic carboxylic acids is 1. The fourth-order valence-corrected chi connectivity index (χ4v) is 6.46. The molecule has 50 heavy (non-hydrogen) atoms. The molecular formula is C39H38N4O7. The van der Waals surface area contributed by atoms with E-state index >= 15 is 0 Å². The van der Waals surface area contributed by atoms with Crippen LogP contribution in [-0.2, 0) is 24.6 Å². The third kappa shape index (κ3) is 7.65. The standard InChI is InChI=1S/C39H38N4O7/c44-35(45)21-22-36(46)49-27-32-25-42(26-34(50-32)43-24-23-33(41-38(43)48)40-37(47)28-13-5-1-6-14-28)39(29-15-7-2-8-16-29,30-17-9-3-10-18-30)31-19-11-4-12-20-31/h1-20,23-24,32,34,38,48H,21-22,25-27H2,(H,44,45)(H,40,41,47)/t32-,34+,38?/m0/s1. The van der Waals surface area contributed by atoms with Gasteiger partial charge in [0.1, 0.15) is 24.8 Å². The highest BCUT2D eigenvalue weighted by Crippen LogP contribution is 2.44. The number of nitrogens with zero attached hydrogens (tertiary/aromatic N) is 3. The smallest absolute Gasteiger partial charge is 0.306 e. The van der Waals surface area contributed by atoms with Crippen LogP contribution < -0.4 is 5.32 Å². The van der Waals surface area contributed by atoms with Gasteiger partial charge in [-0.2, -0.15) is 0 Å². The number of rotatable bonds is 11. The molecule has 3 N–H and O–H groups in total. The molecule has 2 heterocycles. The molecule has 0 saturated carbocycles. The Morgan fingerprint density at radius 2 is 1.34 bits per heavy atom. The molecule has 2 aliphatic rings. The molecule has 6 rings (SSSR count). The van der Waals surface area contributed by atoms with Crippen molar-refractivity contribution in [2.75, 3.05) is 19.7 Å². The van der Waals surface area contributed by atoms with Crippen molar-refractivity contribution in [2.24, 2.45) is 4.99 Å². The SMILES string of the molecule is O=C(O)CCC(=O)OC[C@@H]1CN(C(c2ccccc2)(c2ccccc2)c2ccccc2)C[C@H](N2C=CC(NC(=O)c3ccccc3)=NC2O)O1. The molecule has 0 spiro atoms. The number of esters is 1. The van der Waals surface area contributed by atoms with Crippen molar-refractivity contribution in [3.63, 3.8) is 0 Å². The van der Waals surface area contributed by atoms with E-state index in [9.17, 15) is 19.5 Å². The number of carbonyl (C=O) groups is 3. The zero-order chi connectivity index (χ0) is 34.9. The van der Waals surface area contributed by atoms with Crippen LogP contribution in [0.2, 0.25) is 0 Å². The largest absolute Gasteiger partial charge is 0.481 e. The number of hydrogen-bond donors (Lipinski definition) is 3. The van der Waals surface area contributed by atoms with Crippen LogP contribution in [0.5, 0.6) is 0 Å². The first-order valence-electron chi connectivity index (χ1n) is 16.4. The van der Waals surface area contributed by atoms with Crippen LogP contribution in [0.25, 0.3) is 0 Å². The number of carboxylic acids is 1. The first-order valence-corrected chi connectivity index (χ1v) is 16.4. The first kappa shape index (κ1) is 34.3. The summed E-state index contributed by atoms with van der Waals surface area (Å²) in [6, 6.07) is 39.0.